The Balaban J connectivity index is 1.99. The molecule has 4 rings (SSSR count). The zero-order valence-electron chi connectivity index (χ0n) is 18.6. The third-order valence-corrected chi connectivity index (χ3v) is 19.4. The van der Waals surface area contributed by atoms with Crippen molar-refractivity contribution in [1.82, 2.24) is 0 Å². The normalized spacial score (nSPS) is 17.6. The molecule has 2 aliphatic carbocycles. The Hall–Kier alpha value is -0.227. The van der Waals surface area contributed by atoms with Crippen molar-refractivity contribution < 1.29 is 17.4 Å². The van der Waals surface area contributed by atoms with E-state index in [0.717, 1.165) is 12.8 Å². The predicted molar refractivity (Wildman–Crippen MR) is 126 cm³/mol. The van der Waals surface area contributed by atoms with Crippen LogP contribution >= 0.6 is 17.0 Å². The number of hydrogen-bond acceptors (Lipinski definition) is 0. The Morgan fingerprint density at radius 3 is 1.52 bits per heavy atom. The van der Waals surface area contributed by atoms with Crippen LogP contribution in [0, 0.1) is 0 Å². The molecule has 3 heteroatoms. The van der Waals surface area contributed by atoms with Gasteiger partial charge in [0.15, 0.2) is 0 Å². The Labute approximate surface area is 188 Å². The van der Waals surface area contributed by atoms with Gasteiger partial charge in [0.1, 0.15) is 0 Å². The van der Waals surface area contributed by atoms with Crippen LogP contribution in [0.2, 0.25) is 0 Å². The Morgan fingerprint density at radius 1 is 0.724 bits per heavy atom. The molecule has 0 aliphatic heterocycles. The number of halogens is 2. The van der Waals surface area contributed by atoms with Crippen molar-refractivity contribution in [1.29, 1.82) is 0 Å². The molecule has 0 bridgehead atoms. The molecule has 2 aliphatic rings. The van der Waals surface area contributed by atoms with Gasteiger partial charge in [-0.1, -0.05) is 0 Å². The average Bonchev–Trinajstić information content (AvgIpc) is 3.26. The standard InChI is InChI=1S/C21H25.C5H8.2ClH.Zr/c1-20(2,3)16-9-7-14-11-15-8-10-17(21(4,5)6)13-19(15)18(14)12-16;1-2-4-5-3-1;;;/h7-13H,1-6H3;1-4H2;2*1H;/q;;;;+2/p-2. The fraction of sp³-hybridized carbons (Fsp3) is 0.500. The molecule has 0 heterocycles. The van der Waals surface area contributed by atoms with Gasteiger partial charge in [-0.2, -0.15) is 0 Å². The van der Waals surface area contributed by atoms with Crippen molar-refractivity contribution in [3.8, 4) is 11.1 Å². The second kappa shape index (κ2) is 7.43. The van der Waals surface area contributed by atoms with Crippen LogP contribution in [-0.2, 0) is 28.2 Å². The van der Waals surface area contributed by atoms with Gasteiger partial charge in [-0.3, -0.25) is 0 Å². The van der Waals surface area contributed by atoms with Crippen molar-refractivity contribution in [3.63, 3.8) is 0 Å². The number of benzene rings is 2. The Morgan fingerprint density at radius 2 is 1.14 bits per heavy atom. The van der Waals surface area contributed by atoms with Gasteiger partial charge in [0.25, 0.3) is 0 Å². The predicted octanol–water partition coefficient (Wildman–Crippen LogP) is 8.56. The van der Waals surface area contributed by atoms with E-state index in [1.807, 2.05) is 0 Å². The minimum absolute atomic E-state index is 0.122. The topological polar surface area (TPSA) is 0 Å². The van der Waals surface area contributed by atoms with Crippen LogP contribution < -0.4 is 0 Å². The van der Waals surface area contributed by atoms with E-state index >= 15 is 0 Å². The Kier molecular flexibility index (Phi) is 5.63. The molecule has 0 saturated heterocycles. The third-order valence-electron chi connectivity index (χ3n) is 6.79. The first-order valence-corrected chi connectivity index (χ1v) is 19.9. The van der Waals surface area contributed by atoms with Gasteiger partial charge in [0.2, 0.25) is 0 Å². The molecule has 0 nitrogen and oxygen atoms in total. The van der Waals surface area contributed by atoms with Crippen molar-refractivity contribution in [2.75, 3.05) is 0 Å². The van der Waals surface area contributed by atoms with Crippen molar-refractivity contribution in [2.45, 2.75) is 81.7 Å². The van der Waals surface area contributed by atoms with E-state index < -0.39 is 17.4 Å². The van der Waals surface area contributed by atoms with E-state index in [1.54, 1.807) is 0 Å². The number of rotatable bonds is 1. The van der Waals surface area contributed by atoms with Crippen molar-refractivity contribution in [3.05, 3.63) is 58.7 Å². The van der Waals surface area contributed by atoms with Gasteiger partial charge in [-0.15, -0.1) is 0 Å². The molecule has 29 heavy (non-hydrogen) atoms. The van der Waals surface area contributed by atoms with E-state index in [4.69, 9.17) is 17.0 Å². The summed E-state index contributed by atoms with van der Waals surface area (Å²) in [5.74, 6) is 0. The van der Waals surface area contributed by atoms with Crippen LogP contribution in [0.15, 0.2) is 36.4 Å². The molecule has 0 spiro atoms. The molecule has 2 aromatic rings. The first kappa shape index (κ1) is 22.0. The molecule has 2 aromatic carbocycles. The molecular weight excluding hydrogens is 474 g/mol. The molecule has 0 unspecified atom stereocenters. The van der Waals surface area contributed by atoms with E-state index in [9.17, 15) is 0 Å². The van der Waals surface area contributed by atoms with Gasteiger partial charge in [0.05, 0.1) is 0 Å². The molecule has 1 saturated carbocycles. The van der Waals surface area contributed by atoms with Crippen LogP contribution in [0.25, 0.3) is 11.1 Å². The van der Waals surface area contributed by atoms with E-state index in [2.05, 4.69) is 77.9 Å². The first-order valence-electron chi connectivity index (χ1n) is 10.9. The minimum atomic E-state index is -3.51. The van der Waals surface area contributed by atoms with Gasteiger partial charge < -0.3 is 0 Å². The Bertz CT molecular complexity index is 940. The van der Waals surface area contributed by atoms with Crippen LogP contribution in [0.4, 0.5) is 0 Å². The van der Waals surface area contributed by atoms with Gasteiger partial charge in [-0.05, 0) is 0 Å². The van der Waals surface area contributed by atoms with E-state index in [-0.39, 0.29) is 14.5 Å². The summed E-state index contributed by atoms with van der Waals surface area (Å²) in [7, 11) is 14.8. The van der Waals surface area contributed by atoms with Crippen LogP contribution in [0.5, 0.6) is 0 Å². The van der Waals surface area contributed by atoms with Gasteiger partial charge in [-0.25, -0.2) is 0 Å². The second-order valence-corrected chi connectivity index (χ2v) is 25.4. The van der Waals surface area contributed by atoms with Crippen molar-refractivity contribution >= 4 is 20.2 Å². The third kappa shape index (κ3) is 3.90. The number of fused-ring (bicyclic) bond motifs is 3. The monoisotopic (exact) mass is 505 g/mol. The molecule has 0 radical (unpaired) electrons. The molecule has 0 aromatic heterocycles. The zero-order chi connectivity index (χ0) is 21.2. The molecule has 155 valence electrons. The van der Waals surface area contributed by atoms with E-state index in [1.165, 1.54) is 49.4 Å². The fourth-order valence-electron chi connectivity index (χ4n) is 4.91. The van der Waals surface area contributed by atoms with E-state index in [0.29, 0.717) is 0 Å². The molecule has 0 atom stereocenters. The average molecular weight is 508 g/mol. The maximum absolute atomic E-state index is 7.40. The molecule has 0 N–H and O–H groups in total. The zero-order valence-corrected chi connectivity index (χ0v) is 22.6. The second-order valence-electron chi connectivity index (χ2n) is 11.0. The summed E-state index contributed by atoms with van der Waals surface area (Å²) < 4.78 is 1.74. The van der Waals surface area contributed by atoms with Crippen LogP contribution in [0.3, 0.4) is 0 Å². The van der Waals surface area contributed by atoms with Gasteiger partial charge in [0, 0.05) is 0 Å². The van der Waals surface area contributed by atoms with Crippen LogP contribution in [0.1, 0.15) is 93.1 Å². The summed E-state index contributed by atoms with van der Waals surface area (Å²) in [6, 6.07) is 14.1. The van der Waals surface area contributed by atoms with Crippen molar-refractivity contribution in [2.24, 2.45) is 0 Å². The first-order chi connectivity index (χ1) is 13.4. The summed E-state index contributed by atoms with van der Waals surface area (Å²) in [6.45, 7) is 13.7. The quantitative estimate of drug-likeness (QED) is 0.363. The van der Waals surface area contributed by atoms with Gasteiger partial charge >= 0.3 is 189 Å². The fourth-order valence-corrected chi connectivity index (χ4v) is 16.6. The maximum atomic E-state index is 7.40. The molecular formula is C26H33Cl2Zr. The summed E-state index contributed by atoms with van der Waals surface area (Å²) in [6.07, 6.45) is 4.80. The van der Waals surface area contributed by atoms with Crippen LogP contribution in [-0.4, -0.2) is 3.21 Å². The summed E-state index contributed by atoms with van der Waals surface area (Å²) in [5, 5.41) is 0. The molecule has 0 amide bonds. The SMILES string of the molecule is CC(C)(C)c1ccc2c(c1)-c1cc(C(C)(C)C)ccc1[CH]2[Zr]([Cl])([Cl])=[C]1CCCC1. The summed E-state index contributed by atoms with van der Waals surface area (Å²) in [5.41, 5.74) is 8.48. The summed E-state index contributed by atoms with van der Waals surface area (Å²) >= 11 is -3.51. The molecule has 1 fully saturated rings. The summed E-state index contributed by atoms with van der Waals surface area (Å²) in [4.78, 5) is 0. The number of hydrogen-bond donors (Lipinski definition) is 0.